The van der Waals surface area contributed by atoms with Gasteiger partial charge in [0.1, 0.15) is 12.4 Å². The van der Waals surface area contributed by atoms with E-state index in [4.69, 9.17) is 4.74 Å². The maximum absolute atomic E-state index is 5.75. The van der Waals surface area contributed by atoms with Crippen molar-refractivity contribution in [1.82, 2.24) is 5.32 Å². The van der Waals surface area contributed by atoms with Gasteiger partial charge in [-0.2, -0.15) is 0 Å². The second kappa shape index (κ2) is 8.43. The molecule has 1 rings (SSSR count). The summed E-state index contributed by atoms with van der Waals surface area (Å²) in [5.74, 6) is 1.76. The highest BCUT2D eigenvalue weighted by Crippen LogP contribution is 2.26. The zero-order chi connectivity index (χ0) is 12.5. The fourth-order valence-corrected chi connectivity index (χ4v) is 2.03. The molecule has 0 bridgehead atoms. The molecule has 0 fully saturated rings. The van der Waals surface area contributed by atoms with Crippen LogP contribution in [-0.4, -0.2) is 26.0 Å². The minimum absolute atomic E-state index is 0.732. The maximum atomic E-state index is 5.75. The van der Waals surface area contributed by atoms with Gasteiger partial charge in [-0.1, -0.05) is 26.0 Å². The fourth-order valence-electron chi connectivity index (χ4n) is 1.49. The summed E-state index contributed by atoms with van der Waals surface area (Å²) in [5.41, 5.74) is 0. The molecular weight excluding hydrogens is 230 g/mol. The summed E-state index contributed by atoms with van der Waals surface area (Å²) in [4.78, 5) is 1.20. The highest BCUT2D eigenvalue weighted by Gasteiger charge is 2.00. The van der Waals surface area contributed by atoms with Crippen molar-refractivity contribution >= 4 is 11.8 Å². The molecule has 0 amide bonds. The third-order valence-electron chi connectivity index (χ3n) is 2.50. The molecule has 0 spiro atoms. The number of thioether (sulfide) groups is 1. The molecule has 17 heavy (non-hydrogen) atoms. The van der Waals surface area contributed by atoms with E-state index in [9.17, 15) is 0 Å². The van der Waals surface area contributed by atoms with Crippen LogP contribution in [-0.2, 0) is 0 Å². The van der Waals surface area contributed by atoms with Crippen LogP contribution in [0.3, 0.4) is 0 Å². The monoisotopic (exact) mass is 253 g/mol. The molecule has 0 saturated carbocycles. The largest absolute Gasteiger partial charge is 0.491 e. The summed E-state index contributed by atoms with van der Waals surface area (Å²) in [6.45, 7) is 7.20. The number of benzene rings is 1. The molecule has 0 aliphatic carbocycles. The molecule has 2 nitrogen and oxygen atoms in total. The Bertz CT molecular complexity index is 315. The van der Waals surface area contributed by atoms with E-state index < -0.39 is 0 Å². The summed E-state index contributed by atoms with van der Waals surface area (Å²) in [6, 6.07) is 8.17. The summed E-state index contributed by atoms with van der Waals surface area (Å²) in [5, 5.41) is 3.39. The zero-order valence-corrected chi connectivity index (χ0v) is 11.8. The van der Waals surface area contributed by atoms with E-state index in [0.717, 1.165) is 31.4 Å². The molecule has 3 heteroatoms. The van der Waals surface area contributed by atoms with Crippen molar-refractivity contribution in [3.8, 4) is 5.75 Å². The van der Waals surface area contributed by atoms with E-state index in [1.165, 1.54) is 11.3 Å². The van der Waals surface area contributed by atoms with Gasteiger partial charge in [-0.3, -0.25) is 0 Å². The van der Waals surface area contributed by atoms with E-state index >= 15 is 0 Å². The second-order valence-electron chi connectivity index (χ2n) is 4.43. The Hall–Kier alpha value is -0.670. The Morgan fingerprint density at radius 2 is 2.00 bits per heavy atom. The van der Waals surface area contributed by atoms with Gasteiger partial charge in [0, 0.05) is 11.4 Å². The summed E-state index contributed by atoms with van der Waals surface area (Å²) >= 11 is 1.72. The lowest BCUT2D eigenvalue weighted by Crippen LogP contribution is -2.23. The Labute approximate surface area is 109 Å². The van der Waals surface area contributed by atoms with Crippen LogP contribution in [0.5, 0.6) is 5.75 Å². The molecule has 1 aromatic carbocycles. The smallest absolute Gasteiger partial charge is 0.132 e. The minimum Gasteiger partial charge on any atom is -0.491 e. The van der Waals surface area contributed by atoms with Crippen LogP contribution in [0.1, 0.15) is 20.3 Å². The Morgan fingerprint density at radius 1 is 1.24 bits per heavy atom. The van der Waals surface area contributed by atoms with Crippen molar-refractivity contribution < 1.29 is 4.74 Å². The highest BCUT2D eigenvalue weighted by atomic mass is 32.2. The lowest BCUT2D eigenvalue weighted by atomic mass is 10.1. The van der Waals surface area contributed by atoms with Gasteiger partial charge >= 0.3 is 0 Å². The Balaban J connectivity index is 2.17. The quantitative estimate of drug-likeness (QED) is 0.566. The molecule has 0 heterocycles. The van der Waals surface area contributed by atoms with Crippen LogP contribution in [0.15, 0.2) is 29.2 Å². The first-order chi connectivity index (χ1) is 8.24. The van der Waals surface area contributed by atoms with Crippen LogP contribution in [0.4, 0.5) is 0 Å². The summed E-state index contributed by atoms with van der Waals surface area (Å²) in [6.07, 6.45) is 3.30. The highest BCUT2D eigenvalue weighted by molar-refractivity contribution is 7.98. The normalized spacial score (nSPS) is 10.8. The van der Waals surface area contributed by atoms with E-state index in [1.54, 1.807) is 11.8 Å². The number of para-hydroxylation sites is 1. The third kappa shape index (κ3) is 5.99. The van der Waals surface area contributed by atoms with E-state index in [1.807, 2.05) is 18.2 Å². The standard InChI is InChI=1S/C14H23NOS/c1-12(2)8-9-15-10-11-16-13-6-4-5-7-14(13)17-3/h4-7,12,15H,8-11H2,1-3H3. The lowest BCUT2D eigenvalue weighted by molar-refractivity contribution is 0.305. The van der Waals surface area contributed by atoms with Gasteiger partial charge in [-0.15, -0.1) is 11.8 Å². The average molecular weight is 253 g/mol. The van der Waals surface area contributed by atoms with Crippen LogP contribution in [0.2, 0.25) is 0 Å². The van der Waals surface area contributed by atoms with Crippen molar-refractivity contribution in [2.24, 2.45) is 5.92 Å². The molecule has 96 valence electrons. The first-order valence-electron chi connectivity index (χ1n) is 6.20. The molecular formula is C14H23NOS. The number of hydrogen-bond acceptors (Lipinski definition) is 3. The van der Waals surface area contributed by atoms with Gasteiger partial charge in [0.15, 0.2) is 0 Å². The lowest BCUT2D eigenvalue weighted by Gasteiger charge is -2.11. The molecule has 0 aromatic heterocycles. The van der Waals surface area contributed by atoms with Crippen molar-refractivity contribution in [2.75, 3.05) is 26.0 Å². The fraction of sp³-hybridized carbons (Fsp3) is 0.571. The Kier molecular flexibility index (Phi) is 7.13. The molecule has 1 aromatic rings. The molecule has 0 radical (unpaired) electrons. The van der Waals surface area contributed by atoms with Crippen LogP contribution >= 0.6 is 11.8 Å². The van der Waals surface area contributed by atoms with Gasteiger partial charge < -0.3 is 10.1 Å². The predicted octanol–water partition coefficient (Wildman–Crippen LogP) is 3.42. The first kappa shape index (κ1) is 14.4. The van der Waals surface area contributed by atoms with Crippen molar-refractivity contribution in [2.45, 2.75) is 25.2 Å². The molecule has 0 aliphatic heterocycles. The molecule has 0 aliphatic rings. The third-order valence-corrected chi connectivity index (χ3v) is 3.28. The molecule has 1 N–H and O–H groups in total. The zero-order valence-electron chi connectivity index (χ0n) is 11.0. The van der Waals surface area contributed by atoms with E-state index in [-0.39, 0.29) is 0 Å². The molecule has 0 unspecified atom stereocenters. The van der Waals surface area contributed by atoms with Crippen LogP contribution < -0.4 is 10.1 Å². The number of ether oxygens (including phenoxy) is 1. The van der Waals surface area contributed by atoms with Crippen LogP contribution in [0.25, 0.3) is 0 Å². The molecule has 0 saturated heterocycles. The summed E-state index contributed by atoms with van der Waals surface area (Å²) in [7, 11) is 0. The van der Waals surface area contributed by atoms with Gasteiger partial charge in [-0.05, 0) is 37.3 Å². The molecule has 0 atom stereocenters. The van der Waals surface area contributed by atoms with Gasteiger partial charge in [-0.25, -0.2) is 0 Å². The van der Waals surface area contributed by atoms with Crippen LogP contribution in [0, 0.1) is 5.92 Å². The first-order valence-corrected chi connectivity index (χ1v) is 7.43. The number of rotatable bonds is 8. The van der Waals surface area contributed by atoms with Gasteiger partial charge in [0.2, 0.25) is 0 Å². The second-order valence-corrected chi connectivity index (χ2v) is 5.28. The topological polar surface area (TPSA) is 21.3 Å². The minimum atomic E-state index is 0.732. The average Bonchev–Trinajstić information content (AvgIpc) is 2.33. The number of hydrogen-bond donors (Lipinski definition) is 1. The van der Waals surface area contributed by atoms with E-state index in [0.29, 0.717) is 0 Å². The van der Waals surface area contributed by atoms with Gasteiger partial charge in [0.25, 0.3) is 0 Å². The SMILES string of the molecule is CSc1ccccc1OCCNCCC(C)C. The van der Waals surface area contributed by atoms with E-state index in [2.05, 4.69) is 31.5 Å². The summed E-state index contributed by atoms with van der Waals surface area (Å²) < 4.78 is 5.75. The van der Waals surface area contributed by atoms with Crippen molar-refractivity contribution in [1.29, 1.82) is 0 Å². The van der Waals surface area contributed by atoms with Gasteiger partial charge in [0.05, 0.1) is 0 Å². The predicted molar refractivity (Wildman–Crippen MR) is 76.0 cm³/mol. The maximum Gasteiger partial charge on any atom is 0.132 e. The number of nitrogens with one attached hydrogen (secondary N) is 1. The Morgan fingerprint density at radius 3 is 2.71 bits per heavy atom. The van der Waals surface area contributed by atoms with Crippen molar-refractivity contribution in [3.63, 3.8) is 0 Å². The van der Waals surface area contributed by atoms with Crippen molar-refractivity contribution in [3.05, 3.63) is 24.3 Å².